The lowest BCUT2D eigenvalue weighted by molar-refractivity contribution is 0.0610. The zero-order valence-electron chi connectivity index (χ0n) is 17.7. The van der Waals surface area contributed by atoms with Gasteiger partial charge in [0.25, 0.3) is 11.8 Å². The van der Waals surface area contributed by atoms with Crippen LogP contribution in [0.5, 0.6) is 0 Å². The topological polar surface area (TPSA) is 52.7 Å². The molecule has 0 aliphatic carbocycles. The molecule has 0 bridgehead atoms. The van der Waals surface area contributed by atoms with Gasteiger partial charge in [0.05, 0.1) is 0 Å². The summed E-state index contributed by atoms with van der Waals surface area (Å²) in [7, 11) is 0. The second-order valence-electron chi connectivity index (χ2n) is 7.06. The highest BCUT2D eigenvalue weighted by Crippen LogP contribution is 2.29. The average molecular weight is 396 g/mol. The molecular weight excluding hydrogens is 362 g/mol. The summed E-state index contributed by atoms with van der Waals surface area (Å²) < 4.78 is 0. The number of hydrogen-bond donors (Lipinski definition) is 1. The largest absolute Gasteiger partial charge is 0.314 e. The molecule has 29 heavy (non-hydrogen) atoms. The summed E-state index contributed by atoms with van der Waals surface area (Å²) in [5, 5.41) is 5.07. The van der Waals surface area contributed by atoms with E-state index >= 15 is 0 Å². The monoisotopic (exact) mass is 395 g/mol. The van der Waals surface area contributed by atoms with E-state index in [2.05, 4.69) is 30.3 Å². The van der Waals surface area contributed by atoms with E-state index in [-0.39, 0.29) is 11.8 Å². The molecule has 0 aromatic heterocycles. The van der Waals surface area contributed by atoms with E-state index in [0.717, 1.165) is 17.2 Å². The van der Waals surface area contributed by atoms with Crippen LogP contribution < -0.4 is 5.32 Å². The maximum atomic E-state index is 12.3. The Morgan fingerprint density at radius 2 is 1.38 bits per heavy atom. The molecule has 2 aliphatic heterocycles. The summed E-state index contributed by atoms with van der Waals surface area (Å²) in [6.45, 7) is 16.8. The first-order valence-electron chi connectivity index (χ1n) is 10.5. The maximum Gasteiger partial charge on any atom is 0.261 e. The van der Waals surface area contributed by atoms with Gasteiger partial charge in [0, 0.05) is 49.2 Å². The molecule has 1 N–H and O–H groups in total. The molecule has 2 amide bonds. The Kier molecular flexibility index (Phi) is 9.03. The van der Waals surface area contributed by atoms with Crippen molar-refractivity contribution >= 4 is 22.6 Å². The number of amides is 2. The van der Waals surface area contributed by atoms with Crippen molar-refractivity contribution in [2.24, 2.45) is 0 Å². The van der Waals surface area contributed by atoms with Gasteiger partial charge in [0.15, 0.2) is 0 Å². The van der Waals surface area contributed by atoms with Crippen LogP contribution in [0, 0.1) is 0 Å². The van der Waals surface area contributed by atoms with Crippen molar-refractivity contribution in [3.63, 3.8) is 0 Å². The van der Waals surface area contributed by atoms with Crippen LogP contribution >= 0.6 is 0 Å². The van der Waals surface area contributed by atoms with Crippen molar-refractivity contribution in [1.82, 2.24) is 15.1 Å². The minimum atomic E-state index is -0.175. The SMILES string of the molecule is C=C.CCCN1C(=O)c2cccc3cccc(c23)C1=O.CCCN1CCNCC1. The minimum absolute atomic E-state index is 0.175. The molecule has 2 aromatic rings. The van der Waals surface area contributed by atoms with Crippen LogP contribution in [0.25, 0.3) is 10.8 Å². The molecule has 0 unspecified atom stereocenters. The first-order chi connectivity index (χ1) is 14.2. The molecule has 0 atom stereocenters. The number of rotatable bonds is 4. The molecule has 5 heteroatoms. The molecule has 0 spiro atoms. The summed E-state index contributed by atoms with van der Waals surface area (Å²) in [6.07, 6.45) is 2.07. The minimum Gasteiger partial charge on any atom is -0.314 e. The zero-order chi connectivity index (χ0) is 21.2. The van der Waals surface area contributed by atoms with Gasteiger partial charge in [-0.1, -0.05) is 38.1 Å². The van der Waals surface area contributed by atoms with Crippen molar-refractivity contribution < 1.29 is 9.59 Å². The summed E-state index contributed by atoms with van der Waals surface area (Å²) in [5.74, 6) is -0.350. The zero-order valence-corrected chi connectivity index (χ0v) is 17.7. The number of benzene rings is 2. The fraction of sp³-hybridized carbons (Fsp3) is 0.417. The third-order valence-corrected chi connectivity index (χ3v) is 5.05. The first-order valence-corrected chi connectivity index (χ1v) is 10.5. The summed E-state index contributed by atoms with van der Waals surface area (Å²) in [6, 6.07) is 11.2. The van der Waals surface area contributed by atoms with Gasteiger partial charge in [-0.25, -0.2) is 0 Å². The smallest absolute Gasteiger partial charge is 0.261 e. The molecule has 2 aromatic carbocycles. The summed E-state index contributed by atoms with van der Waals surface area (Å²) in [4.78, 5) is 28.5. The average Bonchev–Trinajstić information content (AvgIpc) is 2.78. The number of nitrogens with one attached hydrogen (secondary N) is 1. The van der Waals surface area contributed by atoms with Crippen LogP contribution in [0.3, 0.4) is 0 Å². The highest BCUT2D eigenvalue weighted by molar-refractivity contribution is 6.25. The van der Waals surface area contributed by atoms with Crippen LogP contribution in [-0.4, -0.2) is 60.9 Å². The van der Waals surface area contributed by atoms with Gasteiger partial charge in [-0.05, 0) is 36.9 Å². The lowest BCUT2D eigenvalue weighted by atomic mass is 9.94. The number of imide groups is 1. The third kappa shape index (κ3) is 5.31. The fourth-order valence-electron chi connectivity index (χ4n) is 3.76. The Labute approximate surface area is 174 Å². The van der Waals surface area contributed by atoms with Crippen molar-refractivity contribution in [2.75, 3.05) is 39.3 Å². The van der Waals surface area contributed by atoms with Crippen molar-refractivity contribution in [2.45, 2.75) is 26.7 Å². The van der Waals surface area contributed by atoms with E-state index < -0.39 is 0 Å². The van der Waals surface area contributed by atoms with E-state index in [1.807, 2.05) is 31.2 Å². The second kappa shape index (κ2) is 11.5. The predicted octanol–water partition coefficient (Wildman–Crippen LogP) is 3.95. The van der Waals surface area contributed by atoms with Gasteiger partial charge >= 0.3 is 0 Å². The Balaban J connectivity index is 0.000000231. The quantitative estimate of drug-likeness (QED) is 0.629. The maximum absolute atomic E-state index is 12.3. The molecule has 4 rings (SSSR count). The van der Waals surface area contributed by atoms with Gasteiger partial charge < -0.3 is 10.2 Å². The van der Waals surface area contributed by atoms with Crippen LogP contribution in [-0.2, 0) is 0 Å². The van der Waals surface area contributed by atoms with Crippen molar-refractivity contribution in [1.29, 1.82) is 0 Å². The van der Waals surface area contributed by atoms with E-state index in [4.69, 9.17) is 0 Å². The Morgan fingerprint density at radius 3 is 1.86 bits per heavy atom. The van der Waals surface area contributed by atoms with Gasteiger partial charge in [-0.2, -0.15) is 0 Å². The molecule has 0 saturated carbocycles. The molecule has 1 saturated heterocycles. The molecule has 2 heterocycles. The van der Waals surface area contributed by atoms with E-state index in [9.17, 15) is 9.59 Å². The summed E-state index contributed by atoms with van der Waals surface area (Å²) in [5.41, 5.74) is 1.27. The first kappa shape index (κ1) is 22.8. The lowest BCUT2D eigenvalue weighted by Gasteiger charge is -2.26. The normalized spacial score (nSPS) is 16.0. The predicted molar refractivity (Wildman–Crippen MR) is 120 cm³/mol. The van der Waals surface area contributed by atoms with Gasteiger partial charge in [0.2, 0.25) is 0 Å². The summed E-state index contributed by atoms with van der Waals surface area (Å²) >= 11 is 0. The third-order valence-electron chi connectivity index (χ3n) is 5.05. The van der Waals surface area contributed by atoms with Crippen LogP contribution in [0.15, 0.2) is 49.6 Å². The van der Waals surface area contributed by atoms with Crippen LogP contribution in [0.2, 0.25) is 0 Å². The Morgan fingerprint density at radius 1 is 0.862 bits per heavy atom. The number of carbonyl (C=O) groups excluding carboxylic acids is 2. The van der Waals surface area contributed by atoms with E-state index in [1.165, 1.54) is 44.0 Å². The second-order valence-corrected chi connectivity index (χ2v) is 7.06. The molecular formula is C24H33N3O2. The molecule has 0 radical (unpaired) electrons. The highest BCUT2D eigenvalue weighted by Gasteiger charge is 2.31. The van der Waals surface area contributed by atoms with Gasteiger partial charge in [0.1, 0.15) is 0 Å². The Bertz CT molecular complexity index is 774. The van der Waals surface area contributed by atoms with Gasteiger partial charge in [-0.15, -0.1) is 13.2 Å². The molecule has 2 aliphatic rings. The highest BCUT2D eigenvalue weighted by atomic mass is 16.2. The van der Waals surface area contributed by atoms with Crippen molar-refractivity contribution in [3.05, 3.63) is 60.7 Å². The van der Waals surface area contributed by atoms with Crippen molar-refractivity contribution in [3.8, 4) is 0 Å². The Hall–Kier alpha value is -2.50. The standard InChI is InChI=1S/C15H13NO2.C7H16N2.C2H4/c1-2-9-16-14(17)11-7-3-5-10-6-4-8-12(13(10)11)15(16)18;1-2-5-9-6-3-8-4-7-9;1-2/h3-8H,2,9H2,1H3;8H,2-7H2,1H3;1-2H2. The van der Waals surface area contributed by atoms with Gasteiger partial charge in [-0.3, -0.25) is 14.5 Å². The fourth-order valence-corrected chi connectivity index (χ4v) is 3.76. The number of piperazine rings is 1. The number of carbonyl (C=O) groups is 2. The van der Waals surface area contributed by atoms with Crippen LogP contribution in [0.4, 0.5) is 0 Å². The lowest BCUT2D eigenvalue weighted by Crippen LogP contribution is -2.43. The van der Waals surface area contributed by atoms with Crippen LogP contribution in [0.1, 0.15) is 47.4 Å². The van der Waals surface area contributed by atoms with E-state index in [0.29, 0.717) is 17.7 Å². The molecule has 5 nitrogen and oxygen atoms in total. The molecule has 156 valence electrons. The number of hydrogen-bond acceptors (Lipinski definition) is 4. The molecule has 1 fully saturated rings. The number of nitrogens with zero attached hydrogens (tertiary/aromatic N) is 2. The van der Waals surface area contributed by atoms with E-state index in [1.54, 1.807) is 12.1 Å².